The van der Waals surface area contributed by atoms with Crippen LogP contribution in [0.5, 0.6) is 5.75 Å². The highest BCUT2D eigenvalue weighted by atomic mass is 127. The molecular weight excluding hydrogens is 460 g/mol. The van der Waals surface area contributed by atoms with Crippen molar-refractivity contribution in [1.82, 2.24) is 0 Å². The molecule has 24 heavy (non-hydrogen) atoms. The third-order valence-electron chi connectivity index (χ3n) is 2.56. The molecule has 2 rings (SSSR count). The summed E-state index contributed by atoms with van der Waals surface area (Å²) in [5.41, 5.74) is -4.32. The molecule has 0 N–H and O–H groups in total. The smallest absolute Gasteiger partial charge is 0.485 e. The third-order valence-corrected chi connectivity index (χ3v) is 5.81. The van der Waals surface area contributed by atoms with Gasteiger partial charge in [0.2, 0.25) is 0 Å². The van der Waals surface area contributed by atoms with Crippen LogP contribution in [0.25, 0.3) is 0 Å². The number of rotatable bonds is 3. The van der Waals surface area contributed by atoms with Crippen molar-refractivity contribution in [2.45, 2.75) is 12.4 Å². The van der Waals surface area contributed by atoms with Crippen molar-refractivity contribution in [3.05, 3.63) is 61.2 Å². The topological polar surface area (TPSA) is 66.4 Å². The molecular formula is C15H14F3IO4S. The van der Waals surface area contributed by atoms with Crippen LogP contribution in [0.15, 0.2) is 48.5 Å². The maximum Gasteiger partial charge on any atom is 0.485 e. The summed E-state index contributed by atoms with van der Waals surface area (Å²) >= 11 is -0.0577. The van der Waals surface area contributed by atoms with E-state index in [9.17, 15) is 13.2 Å². The molecule has 0 aliphatic heterocycles. The van der Waals surface area contributed by atoms with E-state index in [0.717, 1.165) is 5.75 Å². The van der Waals surface area contributed by atoms with Crippen LogP contribution in [-0.4, -0.2) is 25.6 Å². The summed E-state index contributed by atoms with van der Waals surface area (Å²) in [7, 11) is -4.39. The van der Waals surface area contributed by atoms with E-state index in [2.05, 4.69) is 43.3 Å². The normalized spacial score (nSPS) is 11.4. The number of hydrogen-bond acceptors (Lipinski definition) is 4. The lowest BCUT2D eigenvalue weighted by Gasteiger charge is -2.08. The number of benzene rings is 2. The van der Waals surface area contributed by atoms with Gasteiger partial charge in [-0.15, -0.1) is 0 Å². The predicted octanol–water partition coefficient (Wildman–Crippen LogP) is 0.183. The van der Waals surface area contributed by atoms with Gasteiger partial charge in [-0.3, -0.25) is 0 Å². The lowest BCUT2D eigenvalue weighted by molar-refractivity contribution is -0.597. The second kappa shape index (κ2) is 8.67. The van der Waals surface area contributed by atoms with Crippen LogP contribution in [0, 0.1) is 14.1 Å². The molecule has 0 saturated carbocycles. The highest BCUT2D eigenvalue weighted by Gasteiger charge is 2.36. The van der Waals surface area contributed by atoms with Gasteiger partial charge in [-0.2, -0.15) is 13.2 Å². The molecule has 0 atom stereocenters. The molecule has 132 valence electrons. The van der Waals surface area contributed by atoms with E-state index in [1.807, 2.05) is 12.1 Å². The number of halogens is 4. The predicted molar refractivity (Wildman–Crippen MR) is 77.3 cm³/mol. The average Bonchev–Trinajstić information content (AvgIpc) is 2.49. The molecule has 2 aromatic rings. The number of hydrogen-bond donors (Lipinski definition) is 0. The van der Waals surface area contributed by atoms with Crippen molar-refractivity contribution in [3.63, 3.8) is 0 Å². The summed E-state index contributed by atoms with van der Waals surface area (Å²) in [4.78, 5) is 0. The average molecular weight is 474 g/mol. The molecule has 0 unspecified atom stereocenters. The molecule has 0 aliphatic rings. The zero-order valence-electron chi connectivity index (χ0n) is 12.7. The third kappa shape index (κ3) is 7.05. The number of ether oxygens (including phenoxy) is 1. The van der Waals surface area contributed by atoms with E-state index in [4.69, 9.17) is 17.7 Å². The van der Waals surface area contributed by atoms with Crippen LogP contribution in [-0.2, 0) is 10.1 Å². The Bertz CT molecular complexity index is 742. The van der Waals surface area contributed by atoms with Crippen molar-refractivity contribution in [2.75, 3.05) is 7.11 Å². The van der Waals surface area contributed by atoms with Crippen LogP contribution < -0.4 is 25.9 Å². The van der Waals surface area contributed by atoms with E-state index < -0.39 is 15.6 Å². The van der Waals surface area contributed by atoms with Gasteiger partial charge in [-0.25, -0.2) is 8.42 Å². The van der Waals surface area contributed by atoms with Gasteiger partial charge in [0.15, 0.2) is 17.3 Å². The number of alkyl halides is 3. The van der Waals surface area contributed by atoms with Gasteiger partial charge >= 0.3 is 26.7 Å². The molecule has 0 heterocycles. The minimum atomic E-state index is -6.09. The molecule has 0 radical (unpaired) electrons. The van der Waals surface area contributed by atoms with E-state index in [1.54, 1.807) is 7.11 Å². The van der Waals surface area contributed by atoms with Gasteiger partial charge in [0.05, 0.1) is 7.11 Å². The maximum atomic E-state index is 10.7. The quantitative estimate of drug-likeness (QED) is 0.362. The zero-order valence-corrected chi connectivity index (χ0v) is 15.6. The Kier molecular flexibility index (Phi) is 7.49. The van der Waals surface area contributed by atoms with Crippen LogP contribution in [0.2, 0.25) is 0 Å². The fourth-order valence-corrected chi connectivity index (χ4v) is 3.51. The summed E-state index contributed by atoms with van der Waals surface area (Å²) in [5, 5.41) is 0. The SMILES string of the molecule is COc1ccc([I+]c2ccc(C)cc2)cc1.O=S(=O)([O-])C(F)(F)F. The van der Waals surface area contributed by atoms with Crippen LogP contribution in [0.1, 0.15) is 5.56 Å². The van der Waals surface area contributed by atoms with Crippen LogP contribution in [0.3, 0.4) is 0 Å². The minimum absolute atomic E-state index is 0.0577. The van der Waals surface area contributed by atoms with Crippen molar-refractivity contribution in [1.29, 1.82) is 0 Å². The lowest BCUT2D eigenvalue weighted by atomic mass is 10.2. The molecule has 0 fully saturated rings. The van der Waals surface area contributed by atoms with Gasteiger partial charge in [0.1, 0.15) is 5.75 Å². The van der Waals surface area contributed by atoms with Gasteiger partial charge in [0, 0.05) is 0 Å². The first-order chi connectivity index (χ1) is 11.0. The van der Waals surface area contributed by atoms with Crippen molar-refractivity contribution in [2.24, 2.45) is 0 Å². The highest BCUT2D eigenvalue weighted by Crippen LogP contribution is 2.20. The Morgan fingerprint density at radius 3 is 1.67 bits per heavy atom. The molecule has 9 heteroatoms. The van der Waals surface area contributed by atoms with Crippen LogP contribution >= 0.6 is 0 Å². The van der Waals surface area contributed by atoms with E-state index in [0.29, 0.717) is 0 Å². The van der Waals surface area contributed by atoms with Gasteiger partial charge in [-0.05, 0) is 43.3 Å². The number of methoxy groups -OCH3 is 1. The van der Waals surface area contributed by atoms with Gasteiger partial charge in [-0.1, -0.05) is 17.7 Å². The van der Waals surface area contributed by atoms with Crippen molar-refractivity contribution in [3.8, 4) is 5.75 Å². The maximum absolute atomic E-state index is 10.7. The first kappa shape index (κ1) is 20.7. The standard InChI is InChI=1S/C14H14IO.CHF3O3S/c1-11-3-5-12(6-4-11)15-13-7-9-14(16-2)10-8-13;2-1(3,4)8(5,6)7/h3-10H,1-2H3;(H,5,6,7)/q+1;/p-1. The minimum Gasteiger partial charge on any atom is -0.741 e. The first-order valence-corrected chi connectivity index (χ1v) is 9.97. The Morgan fingerprint density at radius 2 is 1.33 bits per heavy atom. The summed E-state index contributed by atoms with van der Waals surface area (Å²) < 4.78 is 66.9. The largest absolute Gasteiger partial charge is 0.741 e. The number of aryl methyl sites for hydroxylation is 1. The molecule has 2 aromatic carbocycles. The lowest BCUT2D eigenvalue weighted by Crippen LogP contribution is -3.61. The van der Waals surface area contributed by atoms with Gasteiger partial charge < -0.3 is 9.29 Å². The summed E-state index contributed by atoms with van der Waals surface area (Å²) in [6, 6.07) is 17.2. The van der Waals surface area contributed by atoms with Crippen molar-refractivity contribution >= 4 is 10.1 Å². The van der Waals surface area contributed by atoms with E-state index in [1.165, 1.54) is 12.7 Å². The second-order valence-corrected chi connectivity index (χ2v) is 8.85. The summed E-state index contributed by atoms with van der Waals surface area (Å²) in [6.45, 7) is 2.12. The Labute approximate surface area is 148 Å². The molecule has 0 spiro atoms. The monoisotopic (exact) mass is 474 g/mol. The molecule has 0 saturated heterocycles. The zero-order chi connectivity index (χ0) is 18.4. The Hall–Kier alpha value is -1.33. The Morgan fingerprint density at radius 1 is 0.958 bits per heavy atom. The summed E-state index contributed by atoms with van der Waals surface area (Å²) in [5.74, 6) is 0.927. The molecule has 0 bridgehead atoms. The van der Waals surface area contributed by atoms with Gasteiger partial charge in [0.25, 0.3) is 0 Å². The Balaban J connectivity index is 0.000000307. The summed E-state index contributed by atoms with van der Waals surface area (Å²) in [6.07, 6.45) is 0. The van der Waals surface area contributed by atoms with E-state index in [-0.39, 0.29) is 21.2 Å². The molecule has 0 aromatic heterocycles. The van der Waals surface area contributed by atoms with Crippen molar-refractivity contribution < 1.29 is 52.1 Å². The van der Waals surface area contributed by atoms with Crippen LogP contribution in [0.4, 0.5) is 13.2 Å². The molecule has 4 nitrogen and oxygen atoms in total. The molecule has 0 amide bonds. The van der Waals surface area contributed by atoms with E-state index >= 15 is 0 Å². The fourth-order valence-electron chi connectivity index (χ4n) is 1.36. The first-order valence-electron chi connectivity index (χ1n) is 6.40. The molecule has 0 aliphatic carbocycles. The second-order valence-electron chi connectivity index (χ2n) is 4.45. The fraction of sp³-hybridized carbons (Fsp3) is 0.200. The highest BCUT2D eigenvalue weighted by molar-refractivity contribution is 7.86.